The number of nitrogens with zero attached hydrogens (tertiary/aromatic N) is 5. The first-order valence-corrected chi connectivity index (χ1v) is 10.7. The van der Waals surface area contributed by atoms with Gasteiger partial charge >= 0.3 is 5.69 Å². The quantitative estimate of drug-likeness (QED) is 0.597. The first-order valence-electron chi connectivity index (χ1n) is 10.7. The maximum absolute atomic E-state index is 13.5. The lowest BCUT2D eigenvalue weighted by Crippen LogP contribution is -2.45. The molecule has 164 valence electrons. The molecule has 0 spiro atoms. The number of piperazine rings is 1. The number of carbonyl (C=O) groups is 1. The second kappa shape index (κ2) is 8.50. The van der Waals surface area contributed by atoms with Crippen LogP contribution in [0.3, 0.4) is 0 Å². The Morgan fingerprint density at radius 3 is 2.48 bits per heavy atom. The zero-order valence-electron chi connectivity index (χ0n) is 18.2. The summed E-state index contributed by atoms with van der Waals surface area (Å²) in [6.45, 7) is 6.99. The van der Waals surface area contributed by atoms with E-state index >= 15 is 0 Å². The van der Waals surface area contributed by atoms with E-state index in [4.69, 9.17) is 4.98 Å². The van der Waals surface area contributed by atoms with Crippen LogP contribution in [-0.2, 0) is 13.6 Å². The van der Waals surface area contributed by atoms with E-state index < -0.39 is 11.2 Å². The SMILES string of the molecule is CCC(C)n1c(N2CCNCC2)nc2c1c(=O)n(CC(=O)c1ccccc1)c(=O)n2C. The number of rotatable bonds is 6. The predicted octanol–water partition coefficient (Wildman–Crippen LogP) is 1.16. The highest BCUT2D eigenvalue weighted by atomic mass is 16.2. The van der Waals surface area contributed by atoms with Crippen molar-refractivity contribution in [2.45, 2.75) is 32.9 Å². The second-order valence-corrected chi connectivity index (χ2v) is 7.97. The number of hydrogen-bond acceptors (Lipinski definition) is 6. The van der Waals surface area contributed by atoms with E-state index in [1.807, 2.05) is 17.6 Å². The van der Waals surface area contributed by atoms with Gasteiger partial charge in [-0.25, -0.2) is 4.79 Å². The number of aromatic nitrogens is 4. The summed E-state index contributed by atoms with van der Waals surface area (Å²) in [6, 6.07) is 8.71. The molecule has 0 radical (unpaired) electrons. The summed E-state index contributed by atoms with van der Waals surface area (Å²) in [5, 5.41) is 3.32. The van der Waals surface area contributed by atoms with Gasteiger partial charge in [0.2, 0.25) is 5.95 Å². The van der Waals surface area contributed by atoms with Gasteiger partial charge in [0.1, 0.15) is 0 Å². The molecule has 0 bridgehead atoms. The number of carbonyl (C=O) groups excluding carboxylic acids is 1. The molecule has 0 amide bonds. The Balaban J connectivity index is 1.90. The fraction of sp³-hybridized carbons (Fsp3) is 0.455. The van der Waals surface area contributed by atoms with Gasteiger partial charge in [0.25, 0.3) is 5.56 Å². The van der Waals surface area contributed by atoms with Crippen LogP contribution in [0.1, 0.15) is 36.7 Å². The highest BCUT2D eigenvalue weighted by Crippen LogP contribution is 2.26. The van der Waals surface area contributed by atoms with Crippen molar-refractivity contribution in [3.8, 4) is 0 Å². The van der Waals surface area contributed by atoms with Crippen LogP contribution in [0.15, 0.2) is 39.9 Å². The number of benzene rings is 1. The molecule has 0 aliphatic carbocycles. The van der Waals surface area contributed by atoms with Gasteiger partial charge in [0.15, 0.2) is 16.9 Å². The summed E-state index contributed by atoms with van der Waals surface area (Å²) in [5.41, 5.74) is 0.172. The fourth-order valence-corrected chi connectivity index (χ4v) is 4.01. The van der Waals surface area contributed by atoms with Gasteiger partial charge < -0.3 is 14.8 Å². The Labute approximate surface area is 179 Å². The summed E-state index contributed by atoms with van der Waals surface area (Å²) in [7, 11) is 1.60. The molecule has 1 aliphatic rings. The average molecular weight is 425 g/mol. The average Bonchev–Trinajstić information content (AvgIpc) is 3.22. The lowest BCUT2D eigenvalue weighted by atomic mass is 10.1. The van der Waals surface area contributed by atoms with Crippen LogP contribution in [0, 0.1) is 0 Å². The molecule has 1 N–H and O–H groups in total. The molecule has 31 heavy (non-hydrogen) atoms. The van der Waals surface area contributed by atoms with E-state index in [0.717, 1.165) is 37.2 Å². The molecule has 4 rings (SSSR count). The van der Waals surface area contributed by atoms with Gasteiger partial charge in [-0.15, -0.1) is 0 Å². The van der Waals surface area contributed by atoms with E-state index in [1.54, 1.807) is 31.3 Å². The lowest BCUT2D eigenvalue weighted by Gasteiger charge is -2.30. The minimum atomic E-state index is -0.539. The maximum Gasteiger partial charge on any atom is 0.332 e. The summed E-state index contributed by atoms with van der Waals surface area (Å²) >= 11 is 0. The van der Waals surface area contributed by atoms with Gasteiger partial charge in [-0.1, -0.05) is 37.3 Å². The summed E-state index contributed by atoms with van der Waals surface area (Å²) in [4.78, 5) is 46.1. The molecule has 2 aromatic heterocycles. The topological polar surface area (TPSA) is 94.2 Å². The number of fused-ring (bicyclic) bond motifs is 1. The Morgan fingerprint density at radius 1 is 1.16 bits per heavy atom. The Kier molecular flexibility index (Phi) is 5.77. The minimum absolute atomic E-state index is 0.0124. The summed E-state index contributed by atoms with van der Waals surface area (Å²) in [5.74, 6) is 0.418. The maximum atomic E-state index is 13.5. The zero-order chi connectivity index (χ0) is 22.1. The molecule has 1 aliphatic heterocycles. The molecule has 1 atom stereocenters. The van der Waals surface area contributed by atoms with Crippen molar-refractivity contribution in [3.63, 3.8) is 0 Å². The molecular formula is C22H28N6O3. The van der Waals surface area contributed by atoms with Crippen molar-refractivity contribution in [1.82, 2.24) is 24.0 Å². The second-order valence-electron chi connectivity index (χ2n) is 7.97. The third-order valence-electron chi connectivity index (χ3n) is 5.99. The van der Waals surface area contributed by atoms with Crippen molar-refractivity contribution >= 4 is 22.9 Å². The van der Waals surface area contributed by atoms with E-state index in [-0.39, 0.29) is 18.4 Å². The molecular weight excluding hydrogens is 396 g/mol. The van der Waals surface area contributed by atoms with E-state index in [2.05, 4.69) is 17.1 Å². The molecule has 9 heteroatoms. The van der Waals surface area contributed by atoms with Crippen LogP contribution in [0.4, 0.5) is 5.95 Å². The molecule has 1 aromatic carbocycles. The molecule has 1 fully saturated rings. The molecule has 9 nitrogen and oxygen atoms in total. The van der Waals surface area contributed by atoms with E-state index in [0.29, 0.717) is 22.7 Å². The van der Waals surface area contributed by atoms with Crippen LogP contribution in [0.5, 0.6) is 0 Å². The van der Waals surface area contributed by atoms with E-state index in [9.17, 15) is 14.4 Å². The van der Waals surface area contributed by atoms with Crippen LogP contribution in [0.25, 0.3) is 11.2 Å². The van der Waals surface area contributed by atoms with Gasteiger partial charge in [0, 0.05) is 44.8 Å². The first kappa shape index (κ1) is 21.0. The minimum Gasteiger partial charge on any atom is -0.340 e. The number of anilines is 1. The van der Waals surface area contributed by atoms with Gasteiger partial charge in [-0.05, 0) is 13.3 Å². The number of Topliss-reactive ketones (excluding diaryl/α,β-unsaturated/α-hetero) is 1. The van der Waals surface area contributed by atoms with Crippen LogP contribution >= 0.6 is 0 Å². The zero-order valence-corrected chi connectivity index (χ0v) is 18.2. The number of aryl methyl sites for hydroxylation is 1. The molecule has 3 aromatic rings. The summed E-state index contributed by atoms with van der Waals surface area (Å²) < 4.78 is 4.34. The number of hydrogen-bond donors (Lipinski definition) is 1. The molecule has 1 saturated heterocycles. The van der Waals surface area contributed by atoms with Gasteiger partial charge in [-0.3, -0.25) is 18.7 Å². The molecule has 1 unspecified atom stereocenters. The number of nitrogens with one attached hydrogen (secondary N) is 1. The third-order valence-corrected chi connectivity index (χ3v) is 5.99. The molecule has 3 heterocycles. The third kappa shape index (κ3) is 3.69. The summed E-state index contributed by atoms with van der Waals surface area (Å²) in [6.07, 6.45) is 0.801. The Morgan fingerprint density at radius 2 is 1.84 bits per heavy atom. The fourth-order valence-electron chi connectivity index (χ4n) is 4.01. The number of ketones is 1. The predicted molar refractivity (Wildman–Crippen MR) is 120 cm³/mol. The van der Waals surface area contributed by atoms with Crippen molar-refractivity contribution < 1.29 is 4.79 Å². The monoisotopic (exact) mass is 424 g/mol. The largest absolute Gasteiger partial charge is 0.340 e. The molecule has 0 saturated carbocycles. The number of imidazole rings is 1. The van der Waals surface area contributed by atoms with Crippen LogP contribution in [0.2, 0.25) is 0 Å². The van der Waals surface area contributed by atoms with Crippen molar-refractivity contribution in [3.05, 3.63) is 56.7 Å². The van der Waals surface area contributed by atoms with Crippen molar-refractivity contribution in [2.75, 3.05) is 31.1 Å². The standard InChI is InChI=1S/C22H28N6O3/c1-4-15(2)28-18-19(24-21(28)26-12-10-23-11-13-26)25(3)22(31)27(20(18)30)14-17(29)16-8-6-5-7-9-16/h5-9,15,23H,4,10-14H2,1-3H3. The van der Waals surface area contributed by atoms with Gasteiger partial charge in [-0.2, -0.15) is 4.98 Å². The lowest BCUT2D eigenvalue weighted by molar-refractivity contribution is 0.0969. The smallest absolute Gasteiger partial charge is 0.332 e. The first-order chi connectivity index (χ1) is 14.9. The Bertz CT molecular complexity index is 1220. The van der Waals surface area contributed by atoms with Gasteiger partial charge in [0.05, 0.1) is 6.54 Å². The van der Waals surface area contributed by atoms with Crippen LogP contribution in [-0.4, -0.2) is 50.6 Å². The van der Waals surface area contributed by atoms with E-state index in [1.165, 1.54) is 4.57 Å². The normalized spacial score (nSPS) is 15.4. The van der Waals surface area contributed by atoms with Crippen molar-refractivity contribution in [1.29, 1.82) is 0 Å². The van der Waals surface area contributed by atoms with Crippen molar-refractivity contribution in [2.24, 2.45) is 7.05 Å². The Hall–Kier alpha value is -3.20. The highest BCUT2D eigenvalue weighted by Gasteiger charge is 2.26. The van der Waals surface area contributed by atoms with Crippen LogP contribution < -0.4 is 21.5 Å². The highest BCUT2D eigenvalue weighted by molar-refractivity contribution is 5.95.